The Kier molecular flexibility index (Phi) is 4.67. The molecule has 120 valence electrons. The summed E-state index contributed by atoms with van der Waals surface area (Å²) in [4.78, 5) is 18.6. The van der Waals surface area contributed by atoms with Crippen molar-refractivity contribution in [3.05, 3.63) is 65.7 Å². The van der Waals surface area contributed by atoms with Gasteiger partial charge >= 0.3 is 0 Å². The van der Waals surface area contributed by atoms with Crippen molar-refractivity contribution < 1.29 is 14.3 Å². The molecular formula is C18H19FN2O2. The van der Waals surface area contributed by atoms with Crippen LogP contribution in [-0.4, -0.2) is 40.6 Å². The van der Waals surface area contributed by atoms with Gasteiger partial charge in [0.2, 0.25) is 5.91 Å². The number of rotatable bonds is 4. The highest BCUT2D eigenvalue weighted by atomic mass is 19.1. The van der Waals surface area contributed by atoms with Crippen molar-refractivity contribution in [3.63, 3.8) is 0 Å². The number of hydrogen-bond acceptors (Lipinski definition) is 3. The van der Waals surface area contributed by atoms with E-state index in [1.165, 1.54) is 12.1 Å². The zero-order chi connectivity index (χ0) is 16.2. The largest absolute Gasteiger partial charge is 0.396 e. The zero-order valence-electron chi connectivity index (χ0n) is 12.7. The van der Waals surface area contributed by atoms with Crippen LogP contribution in [0.3, 0.4) is 0 Å². The molecule has 0 spiro atoms. The molecule has 5 heteroatoms. The van der Waals surface area contributed by atoms with Crippen LogP contribution in [0.25, 0.3) is 0 Å². The van der Waals surface area contributed by atoms with Gasteiger partial charge in [-0.25, -0.2) is 4.39 Å². The van der Waals surface area contributed by atoms with Crippen LogP contribution >= 0.6 is 0 Å². The first-order valence-electron chi connectivity index (χ1n) is 7.71. The lowest BCUT2D eigenvalue weighted by atomic mass is 9.93. The number of amides is 1. The first-order chi connectivity index (χ1) is 11.2. The van der Waals surface area contributed by atoms with Crippen molar-refractivity contribution in [2.24, 2.45) is 5.92 Å². The predicted molar refractivity (Wildman–Crippen MR) is 84.2 cm³/mol. The molecule has 1 amide bonds. The second kappa shape index (κ2) is 6.87. The Balaban J connectivity index is 1.70. The molecule has 23 heavy (non-hydrogen) atoms. The molecule has 2 atom stereocenters. The van der Waals surface area contributed by atoms with Gasteiger partial charge in [0.05, 0.1) is 6.42 Å². The second-order valence-electron chi connectivity index (χ2n) is 5.91. The standard InChI is InChI=1S/C18H19FN2O2/c19-15-5-3-4-13(8-15)9-18(23)21-10-14(12-22)16(11-21)17-6-1-2-7-20-17/h1-8,14,16,22H,9-12H2/t14-,16+/m0/s1. The molecule has 1 aromatic carbocycles. The van der Waals surface area contributed by atoms with Gasteiger partial charge in [-0.2, -0.15) is 0 Å². The number of benzene rings is 1. The van der Waals surface area contributed by atoms with Crippen LogP contribution in [0.15, 0.2) is 48.7 Å². The van der Waals surface area contributed by atoms with Crippen molar-refractivity contribution in [2.75, 3.05) is 19.7 Å². The summed E-state index contributed by atoms with van der Waals surface area (Å²) in [5.74, 6) is -0.359. The van der Waals surface area contributed by atoms with Crippen LogP contribution in [0.4, 0.5) is 4.39 Å². The van der Waals surface area contributed by atoms with Crippen LogP contribution in [0.2, 0.25) is 0 Å². The monoisotopic (exact) mass is 314 g/mol. The first kappa shape index (κ1) is 15.6. The number of halogens is 1. The van der Waals surface area contributed by atoms with Gasteiger partial charge in [-0.3, -0.25) is 9.78 Å². The lowest BCUT2D eigenvalue weighted by molar-refractivity contribution is -0.129. The fourth-order valence-electron chi connectivity index (χ4n) is 3.12. The molecule has 1 aliphatic heterocycles. The van der Waals surface area contributed by atoms with E-state index in [-0.39, 0.29) is 36.6 Å². The van der Waals surface area contributed by atoms with E-state index in [4.69, 9.17) is 0 Å². The van der Waals surface area contributed by atoms with Crippen LogP contribution in [0, 0.1) is 11.7 Å². The second-order valence-corrected chi connectivity index (χ2v) is 5.91. The van der Waals surface area contributed by atoms with Crippen molar-refractivity contribution in [1.29, 1.82) is 0 Å². The molecule has 4 nitrogen and oxygen atoms in total. The Labute approximate surface area is 134 Å². The third-order valence-corrected chi connectivity index (χ3v) is 4.34. The quantitative estimate of drug-likeness (QED) is 0.939. The summed E-state index contributed by atoms with van der Waals surface area (Å²) in [5.41, 5.74) is 1.56. The highest BCUT2D eigenvalue weighted by molar-refractivity contribution is 5.79. The number of likely N-dealkylation sites (tertiary alicyclic amines) is 1. The van der Waals surface area contributed by atoms with Crippen molar-refractivity contribution >= 4 is 5.91 Å². The Morgan fingerprint density at radius 3 is 2.83 bits per heavy atom. The van der Waals surface area contributed by atoms with Gasteiger partial charge in [0.15, 0.2) is 0 Å². The molecule has 0 bridgehead atoms. The average molecular weight is 314 g/mol. The summed E-state index contributed by atoms with van der Waals surface area (Å²) in [7, 11) is 0. The molecule has 1 saturated heterocycles. The molecule has 1 aliphatic rings. The highest BCUT2D eigenvalue weighted by Gasteiger charge is 2.36. The molecule has 1 aromatic heterocycles. The zero-order valence-corrected chi connectivity index (χ0v) is 12.7. The van der Waals surface area contributed by atoms with E-state index in [9.17, 15) is 14.3 Å². The number of aliphatic hydroxyl groups is 1. The highest BCUT2D eigenvalue weighted by Crippen LogP contribution is 2.31. The van der Waals surface area contributed by atoms with Gasteiger partial charge in [-0.05, 0) is 29.8 Å². The summed E-state index contributed by atoms with van der Waals surface area (Å²) >= 11 is 0. The molecule has 1 fully saturated rings. The Morgan fingerprint density at radius 1 is 1.26 bits per heavy atom. The van der Waals surface area contributed by atoms with E-state index < -0.39 is 0 Å². The number of carbonyl (C=O) groups is 1. The van der Waals surface area contributed by atoms with Crippen LogP contribution in [-0.2, 0) is 11.2 Å². The molecule has 1 N–H and O–H groups in total. The van der Waals surface area contributed by atoms with Gasteiger partial charge < -0.3 is 10.0 Å². The summed E-state index contributed by atoms with van der Waals surface area (Å²) in [6, 6.07) is 11.8. The minimum atomic E-state index is -0.337. The van der Waals surface area contributed by atoms with Crippen molar-refractivity contribution in [3.8, 4) is 0 Å². The first-order valence-corrected chi connectivity index (χ1v) is 7.71. The minimum Gasteiger partial charge on any atom is -0.396 e. The lowest BCUT2D eigenvalue weighted by Gasteiger charge is -2.16. The normalized spacial score (nSPS) is 20.7. The van der Waals surface area contributed by atoms with Crippen molar-refractivity contribution in [1.82, 2.24) is 9.88 Å². The van der Waals surface area contributed by atoms with Gasteiger partial charge in [-0.15, -0.1) is 0 Å². The summed E-state index contributed by atoms with van der Waals surface area (Å²) in [5, 5.41) is 9.61. The number of carbonyl (C=O) groups excluding carboxylic acids is 1. The van der Waals surface area contributed by atoms with E-state index in [0.717, 1.165) is 5.69 Å². The minimum absolute atomic E-state index is 0.0126. The maximum atomic E-state index is 13.2. The molecular weight excluding hydrogens is 295 g/mol. The number of aromatic nitrogens is 1. The van der Waals surface area contributed by atoms with Crippen LogP contribution in [0.5, 0.6) is 0 Å². The van der Waals surface area contributed by atoms with E-state index >= 15 is 0 Å². The van der Waals surface area contributed by atoms with Crippen LogP contribution < -0.4 is 0 Å². The molecule has 0 saturated carbocycles. The summed E-state index contributed by atoms with van der Waals surface area (Å²) < 4.78 is 13.2. The number of nitrogens with zero attached hydrogens (tertiary/aromatic N) is 2. The van der Waals surface area contributed by atoms with Crippen LogP contribution in [0.1, 0.15) is 17.2 Å². The van der Waals surface area contributed by atoms with Crippen molar-refractivity contribution in [2.45, 2.75) is 12.3 Å². The van der Waals surface area contributed by atoms with Gasteiger partial charge in [-0.1, -0.05) is 18.2 Å². The fraction of sp³-hybridized carbons (Fsp3) is 0.333. The average Bonchev–Trinajstić information content (AvgIpc) is 3.00. The van der Waals surface area contributed by atoms with Gasteiger partial charge in [0.1, 0.15) is 5.82 Å². The van der Waals surface area contributed by atoms with E-state index in [1.807, 2.05) is 18.2 Å². The topological polar surface area (TPSA) is 53.4 Å². The molecule has 0 unspecified atom stereocenters. The van der Waals surface area contributed by atoms with E-state index in [0.29, 0.717) is 18.7 Å². The Hall–Kier alpha value is -2.27. The molecule has 2 heterocycles. The Bertz CT molecular complexity index is 678. The summed E-state index contributed by atoms with van der Waals surface area (Å²) in [6.07, 6.45) is 1.89. The third kappa shape index (κ3) is 3.56. The fourth-order valence-corrected chi connectivity index (χ4v) is 3.12. The van der Waals surface area contributed by atoms with Gasteiger partial charge in [0, 0.05) is 43.4 Å². The van der Waals surface area contributed by atoms with E-state index in [2.05, 4.69) is 4.98 Å². The lowest BCUT2D eigenvalue weighted by Crippen LogP contribution is -2.30. The number of aliphatic hydroxyl groups excluding tert-OH is 1. The molecule has 2 aromatic rings. The van der Waals surface area contributed by atoms with Gasteiger partial charge in [0.25, 0.3) is 0 Å². The molecule has 0 aliphatic carbocycles. The third-order valence-electron chi connectivity index (χ3n) is 4.34. The SMILES string of the molecule is O=C(Cc1cccc(F)c1)N1C[C@@H](CO)[C@H](c2ccccn2)C1. The Morgan fingerprint density at radius 2 is 2.13 bits per heavy atom. The van der Waals surface area contributed by atoms with E-state index in [1.54, 1.807) is 23.2 Å². The maximum Gasteiger partial charge on any atom is 0.227 e. The summed E-state index contributed by atoms with van der Waals surface area (Å²) in [6.45, 7) is 1.06. The molecule has 0 radical (unpaired) electrons. The predicted octanol–water partition coefficient (Wildman–Crippen LogP) is 2.00. The molecule has 3 rings (SSSR count). The smallest absolute Gasteiger partial charge is 0.227 e. The number of hydrogen-bond donors (Lipinski definition) is 1. The maximum absolute atomic E-state index is 13.2. The number of pyridine rings is 1.